The Balaban J connectivity index is 1.25. The Hall–Kier alpha value is -4.06. The maximum atomic E-state index is 13.4. The lowest BCUT2D eigenvalue weighted by Gasteiger charge is -2.42. The summed E-state index contributed by atoms with van der Waals surface area (Å²) in [6.07, 6.45) is 3.53. The molecule has 236 valence electrons. The number of anilines is 1. The molecular formula is C32H43FN8O3. The second-order valence-electron chi connectivity index (χ2n) is 13.0. The predicted molar refractivity (Wildman–Crippen MR) is 165 cm³/mol. The fourth-order valence-corrected chi connectivity index (χ4v) is 6.19. The summed E-state index contributed by atoms with van der Waals surface area (Å²) in [6, 6.07) is 13.6. The normalized spacial score (nSPS) is 21.1. The summed E-state index contributed by atoms with van der Waals surface area (Å²) >= 11 is 0. The number of aromatic nitrogens is 4. The Morgan fingerprint density at radius 2 is 1.86 bits per heavy atom. The predicted octanol–water partition coefficient (Wildman–Crippen LogP) is 4.72. The van der Waals surface area contributed by atoms with E-state index in [-0.39, 0.29) is 29.9 Å². The van der Waals surface area contributed by atoms with Crippen molar-refractivity contribution in [1.82, 2.24) is 35.3 Å². The number of tetrazole rings is 1. The van der Waals surface area contributed by atoms with Crippen molar-refractivity contribution in [3.05, 3.63) is 59.9 Å². The van der Waals surface area contributed by atoms with Crippen LogP contribution in [0.3, 0.4) is 0 Å². The van der Waals surface area contributed by atoms with Gasteiger partial charge in [-0.2, -0.15) is 0 Å². The molecule has 3 aromatic rings. The number of carbonyl (C=O) groups excluding carboxylic acids is 2. The van der Waals surface area contributed by atoms with Crippen LogP contribution in [0, 0.1) is 17.7 Å². The van der Waals surface area contributed by atoms with E-state index in [0.717, 1.165) is 56.4 Å². The lowest BCUT2D eigenvalue weighted by Crippen LogP contribution is -2.58. The lowest BCUT2D eigenvalue weighted by atomic mass is 9.87. The van der Waals surface area contributed by atoms with Crippen LogP contribution >= 0.6 is 0 Å². The number of hydrogen-bond donors (Lipinski definition) is 2. The summed E-state index contributed by atoms with van der Waals surface area (Å²) in [7, 11) is 1.76. The van der Waals surface area contributed by atoms with Gasteiger partial charge in [-0.15, -0.1) is 5.10 Å². The van der Waals surface area contributed by atoms with E-state index in [1.807, 2.05) is 57.2 Å². The Kier molecular flexibility index (Phi) is 9.77. The Morgan fingerprint density at radius 1 is 1.07 bits per heavy atom. The van der Waals surface area contributed by atoms with E-state index >= 15 is 0 Å². The second kappa shape index (κ2) is 13.7. The first-order chi connectivity index (χ1) is 21.0. The highest BCUT2D eigenvalue weighted by atomic mass is 19.1. The number of nitrogens with zero attached hydrogens (tertiary/aromatic N) is 6. The van der Waals surface area contributed by atoms with Crippen LogP contribution in [0.25, 0.3) is 11.4 Å². The van der Waals surface area contributed by atoms with Gasteiger partial charge in [0.05, 0.1) is 6.04 Å². The summed E-state index contributed by atoms with van der Waals surface area (Å²) < 4.78 is 20.6. The number of urea groups is 1. The van der Waals surface area contributed by atoms with Crippen molar-refractivity contribution < 1.29 is 18.7 Å². The highest BCUT2D eigenvalue weighted by molar-refractivity contribution is 5.90. The van der Waals surface area contributed by atoms with Crippen molar-refractivity contribution in [3.63, 3.8) is 0 Å². The van der Waals surface area contributed by atoms with E-state index in [1.165, 1.54) is 12.1 Å². The van der Waals surface area contributed by atoms with Crippen LogP contribution in [0.1, 0.15) is 45.6 Å². The number of carbonyl (C=O) groups is 2. The number of benzene rings is 2. The van der Waals surface area contributed by atoms with Gasteiger partial charge in [0.25, 0.3) is 0 Å². The fourth-order valence-electron chi connectivity index (χ4n) is 6.19. The molecule has 3 heterocycles. The van der Waals surface area contributed by atoms with Gasteiger partial charge in [0.2, 0.25) is 0 Å². The number of piperidine rings is 2. The van der Waals surface area contributed by atoms with Crippen LogP contribution in [0.4, 0.5) is 19.7 Å². The standard InChI is InChI=1S/C32H43FN8O3/c1-32(2,3)44-31(43)41-16-14-25(20-40-15-6-7-23(19-40)17-22-10-12-26(33)13-11-22)28(21-41)35-30(42)34-27-9-5-8-24(18-27)29-36-37-38-39(29)4/h5,8-13,18,23,25,28H,6-7,14-17,19-21H2,1-4H3,(H2,34,35,42)/t23-,25-,28-/m0/s1. The summed E-state index contributed by atoms with van der Waals surface area (Å²) in [5.74, 6) is 1.02. The zero-order valence-corrected chi connectivity index (χ0v) is 26.0. The van der Waals surface area contributed by atoms with Crippen LogP contribution in [-0.2, 0) is 18.2 Å². The zero-order valence-electron chi connectivity index (χ0n) is 26.0. The average Bonchev–Trinajstić information content (AvgIpc) is 3.40. The fraction of sp³-hybridized carbons (Fsp3) is 0.531. The van der Waals surface area contributed by atoms with Gasteiger partial charge in [-0.3, -0.25) is 0 Å². The maximum Gasteiger partial charge on any atom is 0.410 e. The van der Waals surface area contributed by atoms with E-state index in [1.54, 1.807) is 16.6 Å². The zero-order chi connectivity index (χ0) is 31.3. The van der Waals surface area contributed by atoms with Gasteiger partial charge in [-0.05, 0) is 105 Å². The third kappa shape index (κ3) is 8.52. The molecule has 1 aromatic heterocycles. The van der Waals surface area contributed by atoms with Gasteiger partial charge < -0.3 is 25.2 Å². The number of hydrogen-bond acceptors (Lipinski definition) is 7. The molecule has 3 atom stereocenters. The van der Waals surface area contributed by atoms with Crippen LogP contribution < -0.4 is 10.6 Å². The van der Waals surface area contributed by atoms with Crippen molar-refractivity contribution in [2.24, 2.45) is 18.9 Å². The van der Waals surface area contributed by atoms with E-state index < -0.39 is 5.60 Å². The molecule has 0 radical (unpaired) electrons. The highest BCUT2D eigenvalue weighted by Crippen LogP contribution is 2.26. The van der Waals surface area contributed by atoms with Crippen molar-refractivity contribution in [3.8, 4) is 11.4 Å². The molecule has 11 nitrogen and oxygen atoms in total. The molecule has 5 rings (SSSR count). The van der Waals surface area contributed by atoms with Crippen molar-refractivity contribution in [2.45, 2.75) is 58.1 Å². The Morgan fingerprint density at radius 3 is 2.59 bits per heavy atom. The second-order valence-corrected chi connectivity index (χ2v) is 13.0. The largest absolute Gasteiger partial charge is 0.444 e. The van der Waals surface area contributed by atoms with E-state index in [0.29, 0.717) is 30.5 Å². The Bertz CT molecular complexity index is 1420. The van der Waals surface area contributed by atoms with Gasteiger partial charge in [-0.25, -0.2) is 18.7 Å². The minimum absolute atomic E-state index is 0.153. The first-order valence-corrected chi connectivity index (χ1v) is 15.4. The third-order valence-corrected chi connectivity index (χ3v) is 8.26. The maximum absolute atomic E-state index is 13.4. The smallest absolute Gasteiger partial charge is 0.410 e. The molecule has 3 amide bonds. The van der Waals surface area contributed by atoms with Gasteiger partial charge >= 0.3 is 12.1 Å². The van der Waals surface area contributed by atoms with E-state index in [9.17, 15) is 14.0 Å². The molecule has 2 saturated heterocycles. The molecule has 44 heavy (non-hydrogen) atoms. The summed E-state index contributed by atoms with van der Waals surface area (Å²) in [4.78, 5) is 30.5. The van der Waals surface area contributed by atoms with Crippen LogP contribution in [0.15, 0.2) is 48.5 Å². The molecule has 0 saturated carbocycles. The minimum Gasteiger partial charge on any atom is -0.444 e. The van der Waals surface area contributed by atoms with Crippen LogP contribution in [0.5, 0.6) is 0 Å². The molecule has 2 aliphatic rings. The minimum atomic E-state index is -0.606. The topological polar surface area (TPSA) is 118 Å². The molecule has 2 aromatic carbocycles. The monoisotopic (exact) mass is 606 g/mol. The van der Waals surface area contributed by atoms with Gasteiger partial charge in [0.1, 0.15) is 11.4 Å². The average molecular weight is 607 g/mol. The van der Waals surface area contributed by atoms with Crippen molar-refractivity contribution in [2.75, 3.05) is 38.0 Å². The van der Waals surface area contributed by atoms with Crippen molar-refractivity contribution >= 4 is 17.8 Å². The number of amides is 3. The number of nitrogens with one attached hydrogen (secondary N) is 2. The van der Waals surface area contributed by atoms with Crippen LogP contribution in [0.2, 0.25) is 0 Å². The molecule has 0 aliphatic carbocycles. The highest BCUT2D eigenvalue weighted by Gasteiger charge is 2.36. The Labute approximate surface area is 258 Å². The molecule has 2 fully saturated rings. The number of aryl methyl sites for hydroxylation is 1. The molecule has 12 heteroatoms. The molecule has 2 N–H and O–H groups in total. The molecule has 0 spiro atoms. The number of halogens is 1. The third-order valence-electron chi connectivity index (χ3n) is 8.26. The summed E-state index contributed by atoms with van der Waals surface area (Å²) in [5.41, 5.74) is 1.94. The van der Waals surface area contributed by atoms with Crippen molar-refractivity contribution in [1.29, 1.82) is 0 Å². The first-order valence-electron chi connectivity index (χ1n) is 15.4. The quantitative estimate of drug-likeness (QED) is 0.400. The number of ether oxygens (including phenoxy) is 1. The number of likely N-dealkylation sites (tertiary alicyclic amines) is 2. The molecular weight excluding hydrogens is 563 g/mol. The SMILES string of the molecule is Cn1nnnc1-c1cccc(NC(=O)N[C@H]2CN(C(=O)OC(C)(C)C)CC[C@H]2CN2CCC[C@@H](Cc3ccc(F)cc3)C2)c1. The van der Waals surface area contributed by atoms with Crippen LogP contribution in [-0.4, -0.2) is 86.5 Å². The lowest BCUT2D eigenvalue weighted by molar-refractivity contribution is 0.0114. The summed E-state index contributed by atoms with van der Waals surface area (Å²) in [5, 5.41) is 17.8. The first kappa shape index (κ1) is 31.4. The molecule has 0 unspecified atom stereocenters. The van der Waals surface area contributed by atoms with Gasteiger partial charge in [0.15, 0.2) is 5.82 Å². The van der Waals surface area contributed by atoms with Gasteiger partial charge in [0, 0.05) is 44.5 Å². The van der Waals surface area contributed by atoms with Gasteiger partial charge in [-0.1, -0.05) is 24.3 Å². The van der Waals surface area contributed by atoms with E-state index in [4.69, 9.17) is 4.74 Å². The van der Waals surface area contributed by atoms with E-state index in [2.05, 4.69) is 31.1 Å². The molecule has 2 aliphatic heterocycles. The number of rotatable bonds is 7. The molecule has 0 bridgehead atoms. The summed E-state index contributed by atoms with van der Waals surface area (Å²) in [6.45, 7) is 9.26.